The van der Waals surface area contributed by atoms with Crippen LogP contribution in [0.4, 0.5) is 5.69 Å². The molecule has 51 heavy (non-hydrogen) atoms. The van der Waals surface area contributed by atoms with Gasteiger partial charge in [-0.3, -0.25) is 4.72 Å². The first-order chi connectivity index (χ1) is 24.8. The summed E-state index contributed by atoms with van der Waals surface area (Å²) in [5.74, 6) is 1.95. The minimum absolute atomic E-state index is 0.319. The molecule has 0 amide bonds. The van der Waals surface area contributed by atoms with Crippen molar-refractivity contribution in [3.63, 3.8) is 0 Å². The second-order valence-electron chi connectivity index (χ2n) is 12.7. The molecule has 1 fully saturated rings. The number of hydrogen-bond acceptors (Lipinski definition) is 7. The highest BCUT2D eigenvalue weighted by molar-refractivity contribution is 7.90. The molecule has 6 aromatic rings. The third-order valence-corrected chi connectivity index (χ3v) is 11.1. The molecule has 2 heterocycles. The lowest BCUT2D eigenvalue weighted by Crippen LogP contribution is -2.41. The summed E-state index contributed by atoms with van der Waals surface area (Å²) in [6, 6.07) is 41.4. The number of aromatic nitrogens is 4. The van der Waals surface area contributed by atoms with Crippen LogP contribution >= 0.6 is 0 Å². The predicted molar refractivity (Wildman–Crippen MR) is 199 cm³/mol. The van der Waals surface area contributed by atoms with Crippen LogP contribution in [-0.4, -0.2) is 60.2 Å². The van der Waals surface area contributed by atoms with Crippen molar-refractivity contribution in [3.05, 3.63) is 144 Å². The molecule has 1 aromatic heterocycles. The van der Waals surface area contributed by atoms with Crippen molar-refractivity contribution in [2.45, 2.75) is 25.3 Å². The Hall–Kier alpha value is -5.52. The molecule has 10 nitrogen and oxygen atoms in total. The van der Waals surface area contributed by atoms with Crippen LogP contribution in [0.1, 0.15) is 36.5 Å². The van der Waals surface area contributed by atoms with Gasteiger partial charge in [-0.05, 0) is 76.1 Å². The molecule has 0 aliphatic carbocycles. The van der Waals surface area contributed by atoms with Crippen molar-refractivity contribution in [2.75, 3.05) is 32.0 Å². The maximum absolute atomic E-state index is 13.6. The van der Waals surface area contributed by atoms with Gasteiger partial charge < -0.3 is 9.47 Å². The molecular weight excluding hydrogens is 661 g/mol. The van der Waals surface area contributed by atoms with Crippen molar-refractivity contribution < 1.29 is 17.9 Å². The molecule has 1 aliphatic heterocycles. The van der Waals surface area contributed by atoms with Gasteiger partial charge in [-0.1, -0.05) is 110 Å². The van der Waals surface area contributed by atoms with Crippen LogP contribution in [0, 0.1) is 5.92 Å². The van der Waals surface area contributed by atoms with Gasteiger partial charge >= 0.3 is 10.2 Å². The summed E-state index contributed by atoms with van der Waals surface area (Å²) in [6.45, 7) is 3.10. The Bertz CT molecular complexity index is 2110. The minimum atomic E-state index is -3.80. The first kappa shape index (κ1) is 34.0. The maximum Gasteiger partial charge on any atom is 0.301 e. The number of benzene rings is 5. The summed E-state index contributed by atoms with van der Waals surface area (Å²) in [5.41, 5.74) is 4.40. The van der Waals surface area contributed by atoms with Gasteiger partial charge in [0.25, 0.3) is 0 Å². The number of methoxy groups -OCH3 is 2. The van der Waals surface area contributed by atoms with Crippen LogP contribution in [0.3, 0.4) is 0 Å². The molecule has 5 aromatic carbocycles. The molecular formula is C40H40N6O4S. The first-order valence-electron chi connectivity index (χ1n) is 17.0. The van der Waals surface area contributed by atoms with Crippen molar-refractivity contribution in [3.8, 4) is 34.0 Å². The maximum atomic E-state index is 13.6. The van der Waals surface area contributed by atoms with Crippen molar-refractivity contribution in [2.24, 2.45) is 5.92 Å². The van der Waals surface area contributed by atoms with Crippen LogP contribution in [0.25, 0.3) is 22.5 Å². The Balaban J connectivity index is 1.41. The highest BCUT2D eigenvalue weighted by Gasteiger charge is 2.41. The first-order valence-corrected chi connectivity index (χ1v) is 18.4. The van der Waals surface area contributed by atoms with E-state index in [1.165, 1.54) is 4.31 Å². The largest absolute Gasteiger partial charge is 0.493 e. The zero-order chi connectivity index (χ0) is 35.4. The van der Waals surface area contributed by atoms with Crippen LogP contribution in [0.15, 0.2) is 127 Å². The molecule has 0 unspecified atom stereocenters. The Morgan fingerprint density at radius 1 is 0.706 bits per heavy atom. The SMILES string of the molecule is COc1ccc(-c2ccc(NS(=O)(=O)N3CCC(C)CC3)cc2-c2nnn(C(c3ccccc3)(c3ccccc3)c3ccccc3)n2)cc1OC. The topological polar surface area (TPSA) is 111 Å². The van der Waals surface area contributed by atoms with E-state index in [0.717, 1.165) is 40.7 Å². The molecule has 0 spiro atoms. The van der Waals surface area contributed by atoms with Crippen LogP contribution < -0.4 is 14.2 Å². The Labute approximate surface area is 298 Å². The number of rotatable bonds is 11. The average molecular weight is 701 g/mol. The molecule has 1 saturated heterocycles. The van der Waals surface area contributed by atoms with Crippen molar-refractivity contribution in [1.29, 1.82) is 0 Å². The summed E-state index contributed by atoms with van der Waals surface area (Å²) < 4.78 is 42.6. The second kappa shape index (κ2) is 14.4. The van der Waals surface area contributed by atoms with Gasteiger partial charge in [0.05, 0.1) is 19.9 Å². The Kier molecular flexibility index (Phi) is 9.57. The molecule has 0 saturated carbocycles. The highest BCUT2D eigenvalue weighted by atomic mass is 32.2. The Morgan fingerprint density at radius 3 is 1.82 bits per heavy atom. The van der Waals surface area contributed by atoms with Gasteiger partial charge in [0.1, 0.15) is 0 Å². The van der Waals surface area contributed by atoms with Crippen LogP contribution in [0.5, 0.6) is 11.5 Å². The van der Waals surface area contributed by atoms with Gasteiger partial charge in [0.2, 0.25) is 5.82 Å². The molecule has 260 valence electrons. The van der Waals surface area contributed by atoms with E-state index in [1.807, 2.05) is 78.9 Å². The third-order valence-electron chi connectivity index (χ3n) is 9.57. The smallest absolute Gasteiger partial charge is 0.301 e. The van der Waals surface area contributed by atoms with Gasteiger partial charge in [-0.15, -0.1) is 15.0 Å². The number of tetrazole rings is 1. The molecule has 1 N–H and O–H groups in total. The van der Waals surface area contributed by atoms with E-state index in [4.69, 9.17) is 19.8 Å². The van der Waals surface area contributed by atoms with Gasteiger partial charge in [-0.25, -0.2) is 0 Å². The van der Waals surface area contributed by atoms with E-state index in [0.29, 0.717) is 47.6 Å². The van der Waals surface area contributed by atoms with E-state index in [9.17, 15) is 8.42 Å². The second-order valence-corrected chi connectivity index (χ2v) is 14.4. The predicted octanol–water partition coefficient (Wildman–Crippen LogP) is 7.25. The monoisotopic (exact) mass is 700 g/mol. The van der Waals surface area contributed by atoms with Crippen LogP contribution in [0.2, 0.25) is 0 Å². The minimum Gasteiger partial charge on any atom is -0.493 e. The number of piperidine rings is 1. The van der Waals surface area contributed by atoms with Crippen molar-refractivity contribution in [1.82, 2.24) is 24.5 Å². The Morgan fingerprint density at radius 2 is 1.27 bits per heavy atom. The lowest BCUT2D eigenvalue weighted by atomic mass is 9.77. The molecule has 0 bridgehead atoms. The van der Waals surface area contributed by atoms with Gasteiger partial charge in [-0.2, -0.15) is 12.7 Å². The highest BCUT2D eigenvalue weighted by Crippen LogP contribution is 2.42. The zero-order valence-electron chi connectivity index (χ0n) is 28.8. The number of anilines is 1. The number of nitrogens with zero attached hydrogens (tertiary/aromatic N) is 5. The fourth-order valence-corrected chi connectivity index (χ4v) is 8.08. The summed E-state index contributed by atoms with van der Waals surface area (Å²) in [4.78, 5) is 1.66. The lowest BCUT2D eigenvalue weighted by Gasteiger charge is -2.34. The summed E-state index contributed by atoms with van der Waals surface area (Å²) in [7, 11) is -0.618. The van der Waals surface area contributed by atoms with Crippen LogP contribution in [-0.2, 0) is 15.7 Å². The molecule has 7 rings (SSSR count). The van der Waals surface area contributed by atoms with Crippen molar-refractivity contribution >= 4 is 15.9 Å². The average Bonchev–Trinajstić information content (AvgIpc) is 3.67. The van der Waals surface area contributed by atoms with E-state index in [1.54, 1.807) is 31.1 Å². The number of ether oxygens (including phenoxy) is 2. The van der Waals surface area contributed by atoms with E-state index < -0.39 is 15.7 Å². The summed E-state index contributed by atoms with van der Waals surface area (Å²) in [6.07, 6.45) is 1.65. The lowest BCUT2D eigenvalue weighted by molar-refractivity contribution is 0.289. The fraction of sp³-hybridized carbons (Fsp3) is 0.225. The van der Waals surface area contributed by atoms with Gasteiger partial charge in [0, 0.05) is 18.7 Å². The molecule has 1 aliphatic rings. The quantitative estimate of drug-likeness (QED) is 0.142. The van der Waals surface area contributed by atoms with E-state index >= 15 is 0 Å². The number of nitrogens with one attached hydrogen (secondary N) is 1. The molecule has 11 heteroatoms. The normalized spacial score (nSPS) is 14.3. The number of hydrogen-bond donors (Lipinski definition) is 1. The van der Waals surface area contributed by atoms with E-state index in [2.05, 4.69) is 53.1 Å². The summed E-state index contributed by atoms with van der Waals surface area (Å²) >= 11 is 0. The zero-order valence-corrected chi connectivity index (χ0v) is 29.6. The summed E-state index contributed by atoms with van der Waals surface area (Å²) in [5, 5.41) is 14.6. The van der Waals surface area contributed by atoms with Gasteiger partial charge in [0.15, 0.2) is 17.0 Å². The molecule has 0 radical (unpaired) electrons. The fourth-order valence-electron chi connectivity index (χ4n) is 6.84. The third kappa shape index (κ3) is 6.58. The van der Waals surface area contributed by atoms with E-state index in [-0.39, 0.29) is 0 Å². The molecule has 0 atom stereocenters. The standard InChI is InChI=1S/C40H40N6O4S/c1-29-23-25-45(26-24-29)51(47,48)43-34-20-21-35(30-19-22-37(49-2)38(27-30)50-3)36(28-34)39-41-44-46(42-39)40(31-13-7-4-8-14-31,32-15-9-5-10-16-32)33-17-11-6-12-18-33/h4-22,27-29,43H,23-26H2,1-3H3.